The fourth-order valence-corrected chi connectivity index (χ4v) is 2.44. The van der Waals surface area contributed by atoms with Crippen molar-refractivity contribution in [2.75, 3.05) is 30.8 Å². The molecule has 0 aliphatic rings. The number of amides is 3. The lowest BCUT2D eigenvalue weighted by atomic mass is 10.1. The summed E-state index contributed by atoms with van der Waals surface area (Å²) in [4.78, 5) is 24.5. The van der Waals surface area contributed by atoms with Gasteiger partial charge >= 0.3 is 12.2 Å². The number of hydrogen-bond donors (Lipinski definition) is 2. The van der Waals surface area contributed by atoms with E-state index >= 15 is 0 Å². The van der Waals surface area contributed by atoms with E-state index in [1.807, 2.05) is 0 Å². The molecule has 0 spiro atoms. The minimum atomic E-state index is -4.71. The summed E-state index contributed by atoms with van der Waals surface area (Å²) in [5.41, 5.74) is -1.50. The van der Waals surface area contributed by atoms with Gasteiger partial charge in [0.15, 0.2) is 0 Å². The first kappa shape index (κ1) is 22.4. The molecular weight excluding hydrogens is 411 g/mol. The molecule has 0 aliphatic heterocycles. The van der Waals surface area contributed by atoms with Crippen molar-refractivity contribution in [1.29, 1.82) is 0 Å². The molecule has 10 heteroatoms. The van der Waals surface area contributed by atoms with Gasteiger partial charge in [0.1, 0.15) is 12.4 Å². The highest BCUT2D eigenvalue weighted by molar-refractivity contribution is 6.30. The molecule has 0 saturated carbocycles. The number of nitrogens with one attached hydrogen (secondary N) is 2. The van der Waals surface area contributed by atoms with Crippen LogP contribution in [0.25, 0.3) is 0 Å². The first-order chi connectivity index (χ1) is 13.6. The van der Waals surface area contributed by atoms with Crippen LogP contribution in [-0.2, 0) is 11.0 Å². The number of likely N-dealkylation sites (N-methyl/N-ethyl adjacent to an activating group) is 1. The number of halogens is 4. The minimum Gasteiger partial charge on any atom is -0.492 e. The van der Waals surface area contributed by atoms with E-state index in [1.54, 1.807) is 24.3 Å². The fourth-order valence-electron chi connectivity index (χ4n) is 2.31. The Labute approximate surface area is 170 Å². The molecule has 29 heavy (non-hydrogen) atoms. The lowest BCUT2D eigenvalue weighted by molar-refractivity contribution is -0.137. The zero-order chi connectivity index (χ0) is 21.6. The van der Waals surface area contributed by atoms with E-state index in [0.717, 1.165) is 12.1 Å². The second-order valence-electron chi connectivity index (χ2n) is 6.09. The zero-order valence-electron chi connectivity index (χ0n) is 15.6. The largest absolute Gasteiger partial charge is 0.492 e. The highest BCUT2D eigenvalue weighted by atomic mass is 35.5. The summed E-state index contributed by atoms with van der Waals surface area (Å²) in [5.74, 6) is 0.0476. The Bertz CT molecular complexity index is 873. The second kappa shape index (κ2) is 9.51. The van der Waals surface area contributed by atoms with Gasteiger partial charge in [0, 0.05) is 24.7 Å². The third kappa shape index (κ3) is 6.86. The Hall–Kier alpha value is -2.94. The Morgan fingerprint density at radius 1 is 1.10 bits per heavy atom. The Morgan fingerprint density at radius 2 is 1.76 bits per heavy atom. The van der Waals surface area contributed by atoms with Crippen molar-refractivity contribution in [3.63, 3.8) is 0 Å². The van der Waals surface area contributed by atoms with Gasteiger partial charge in [-0.05, 0) is 42.5 Å². The molecule has 6 nitrogen and oxygen atoms in total. The number of nitrogens with zero attached hydrogens (tertiary/aromatic N) is 1. The molecule has 0 aliphatic carbocycles. The van der Waals surface area contributed by atoms with E-state index < -0.39 is 29.4 Å². The van der Waals surface area contributed by atoms with Gasteiger partial charge in [-0.15, -0.1) is 0 Å². The number of carbonyl (C=O) groups excluding carboxylic acids is 2. The monoisotopic (exact) mass is 429 g/mol. The molecule has 0 saturated heterocycles. The number of alkyl halides is 3. The first-order valence-corrected chi connectivity index (χ1v) is 8.83. The number of urea groups is 1. The highest BCUT2D eigenvalue weighted by Gasteiger charge is 2.34. The third-order valence-corrected chi connectivity index (χ3v) is 3.99. The number of hydrogen-bond acceptors (Lipinski definition) is 3. The van der Waals surface area contributed by atoms with Gasteiger partial charge in [0.05, 0.1) is 17.8 Å². The molecule has 2 N–H and O–H groups in total. The zero-order valence-corrected chi connectivity index (χ0v) is 16.4. The van der Waals surface area contributed by atoms with Gasteiger partial charge in [-0.3, -0.25) is 4.79 Å². The normalized spacial score (nSPS) is 11.0. The van der Waals surface area contributed by atoms with Crippen molar-refractivity contribution >= 4 is 34.9 Å². The van der Waals surface area contributed by atoms with E-state index in [4.69, 9.17) is 16.3 Å². The SMILES string of the molecule is CC(=O)Nc1ccc(NC(=O)N(C)CCOc2ccc(Cl)cc2)c(C(F)(F)F)c1. The van der Waals surface area contributed by atoms with E-state index in [-0.39, 0.29) is 18.8 Å². The number of carbonyl (C=O) groups is 2. The standard InChI is InChI=1S/C19H19ClF3N3O3/c1-12(27)24-14-5-8-17(16(11-14)19(21,22)23)25-18(28)26(2)9-10-29-15-6-3-13(20)4-7-15/h3-8,11H,9-10H2,1-2H3,(H,24,27)(H,25,28). The molecule has 0 radical (unpaired) electrons. The topological polar surface area (TPSA) is 70.7 Å². The van der Waals surface area contributed by atoms with Crippen LogP contribution in [0.4, 0.5) is 29.3 Å². The highest BCUT2D eigenvalue weighted by Crippen LogP contribution is 2.36. The minimum absolute atomic E-state index is 0.0208. The maximum absolute atomic E-state index is 13.3. The summed E-state index contributed by atoms with van der Waals surface area (Å²) >= 11 is 5.78. The van der Waals surface area contributed by atoms with Crippen LogP contribution >= 0.6 is 11.6 Å². The van der Waals surface area contributed by atoms with Crippen LogP contribution in [0.15, 0.2) is 42.5 Å². The summed E-state index contributed by atoms with van der Waals surface area (Å²) in [7, 11) is 1.43. The van der Waals surface area contributed by atoms with Gasteiger partial charge in [-0.2, -0.15) is 13.2 Å². The van der Waals surface area contributed by atoms with Crippen LogP contribution in [0.5, 0.6) is 5.75 Å². The van der Waals surface area contributed by atoms with Crippen molar-refractivity contribution in [2.45, 2.75) is 13.1 Å². The quantitative estimate of drug-likeness (QED) is 0.689. The molecule has 0 atom stereocenters. The summed E-state index contributed by atoms with van der Waals surface area (Å²) in [6, 6.07) is 9.01. The van der Waals surface area contributed by atoms with Gasteiger partial charge in [0.25, 0.3) is 0 Å². The van der Waals surface area contributed by atoms with Crippen molar-refractivity contribution in [3.05, 3.63) is 53.1 Å². The third-order valence-electron chi connectivity index (χ3n) is 3.74. The van der Waals surface area contributed by atoms with Crippen LogP contribution in [0.1, 0.15) is 12.5 Å². The molecule has 0 heterocycles. The average Bonchev–Trinajstić information content (AvgIpc) is 2.63. The number of ether oxygens (including phenoxy) is 1. The van der Waals surface area contributed by atoms with Crippen LogP contribution in [0.3, 0.4) is 0 Å². The maximum Gasteiger partial charge on any atom is 0.418 e. The summed E-state index contributed by atoms with van der Waals surface area (Å²) in [5, 5.41) is 5.07. The Morgan fingerprint density at radius 3 is 2.34 bits per heavy atom. The molecule has 2 rings (SSSR count). The lowest BCUT2D eigenvalue weighted by Gasteiger charge is -2.20. The smallest absolute Gasteiger partial charge is 0.418 e. The molecule has 3 amide bonds. The van der Waals surface area contributed by atoms with Crippen LogP contribution in [-0.4, -0.2) is 37.0 Å². The lowest BCUT2D eigenvalue weighted by Crippen LogP contribution is -2.35. The average molecular weight is 430 g/mol. The van der Waals surface area contributed by atoms with Crippen LogP contribution in [0.2, 0.25) is 5.02 Å². The maximum atomic E-state index is 13.3. The molecule has 0 fully saturated rings. The summed E-state index contributed by atoms with van der Waals surface area (Å²) in [6.07, 6.45) is -4.71. The molecule has 2 aromatic carbocycles. The predicted molar refractivity (Wildman–Crippen MR) is 104 cm³/mol. The predicted octanol–water partition coefficient (Wildman–Crippen LogP) is 4.86. The van der Waals surface area contributed by atoms with Gasteiger partial charge < -0.3 is 20.3 Å². The fraction of sp³-hybridized carbons (Fsp3) is 0.263. The Balaban J connectivity index is 2.00. The van der Waals surface area contributed by atoms with Crippen molar-refractivity contribution in [1.82, 2.24) is 4.90 Å². The van der Waals surface area contributed by atoms with Crippen molar-refractivity contribution in [3.8, 4) is 5.75 Å². The number of rotatable bonds is 6. The molecule has 0 bridgehead atoms. The summed E-state index contributed by atoms with van der Waals surface area (Å²) in [6.45, 7) is 1.46. The molecule has 0 aromatic heterocycles. The van der Waals surface area contributed by atoms with Crippen molar-refractivity contribution in [2.24, 2.45) is 0 Å². The van der Waals surface area contributed by atoms with Gasteiger partial charge in [0.2, 0.25) is 5.91 Å². The van der Waals surface area contributed by atoms with E-state index in [2.05, 4.69) is 10.6 Å². The van der Waals surface area contributed by atoms with E-state index in [0.29, 0.717) is 10.8 Å². The molecule has 2 aromatic rings. The van der Waals surface area contributed by atoms with Gasteiger partial charge in [-0.25, -0.2) is 4.79 Å². The first-order valence-electron chi connectivity index (χ1n) is 8.45. The van der Waals surface area contributed by atoms with Gasteiger partial charge in [-0.1, -0.05) is 11.6 Å². The number of benzene rings is 2. The molecule has 0 unspecified atom stereocenters. The second-order valence-corrected chi connectivity index (χ2v) is 6.53. The molecule has 156 valence electrons. The van der Waals surface area contributed by atoms with Crippen molar-refractivity contribution < 1.29 is 27.5 Å². The van der Waals surface area contributed by atoms with Crippen LogP contribution in [0, 0.1) is 0 Å². The van der Waals surface area contributed by atoms with E-state index in [9.17, 15) is 22.8 Å². The summed E-state index contributed by atoms with van der Waals surface area (Å²) < 4.78 is 45.4. The molecular formula is C19H19ClF3N3O3. The van der Waals surface area contributed by atoms with E-state index in [1.165, 1.54) is 24.9 Å². The van der Waals surface area contributed by atoms with Crippen LogP contribution < -0.4 is 15.4 Å². The Kier molecular flexibility index (Phi) is 7.33. The number of anilines is 2.